The number of carbonyl (C=O) groups excluding carboxylic acids is 1. The molecule has 1 unspecified atom stereocenters. The van der Waals surface area contributed by atoms with Crippen molar-refractivity contribution < 1.29 is 4.79 Å². The Balaban J connectivity index is 2.24. The third kappa shape index (κ3) is 2.56. The molecule has 0 aromatic heterocycles. The van der Waals surface area contributed by atoms with Crippen LogP contribution in [0.3, 0.4) is 0 Å². The minimum Gasteiger partial charge on any atom is -0.328 e. The Hall–Kier alpha value is -1.35. The molecule has 1 amide bonds. The van der Waals surface area contributed by atoms with Crippen LogP contribution in [0, 0.1) is 0 Å². The number of rotatable bonds is 4. The van der Waals surface area contributed by atoms with E-state index in [0.29, 0.717) is 12.1 Å². The van der Waals surface area contributed by atoms with Crippen molar-refractivity contribution >= 4 is 12.1 Å². The molecule has 0 bridgehead atoms. The first kappa shape index (κ1) is 13.1. The fraction of sp³-hybridized carbons (Fsp3) is 0.533. The number of likely N-dealkylation sites (N-methyl/N-ethyl adjacent to an activating group) is 1. The summed E-state index contributed by atoms with van der Waals surface area (Å²) in [5.74, 6) is 0. The van der Waals surface area contributed by atoms with Gasteiger partial charge in [-0.2, -0.15) is 0 Å². The smallest absolute Gasteiger partial charge is 0.211 e. The SMILES string of the molecule is CC(C)N(C)C1CCc2cccc(NC=O)c2C1. The molecule has 98 valence electrons. The number of carbonyl (C=O) groups is 1. The summed E-state index contributed by atoms with van der Waals surface area (Å²) in [6.45, 7) is 4.45. The van der Waals surface area contributed by atoms with Crippen LogP contribution in [0.5, 0.6) is 0 Å². The Bertz CT molecular complexity index is 429. The Morgan fingerprint density at radius 3 is 2.89 bits per heavy atom. The molecule has 1 aromatic carbocycles. The van der Waals surface area contributed by atoms with Gasteiger partial charge in [-0.1, -0.05) is 12.1 Å². The van der Waals surface area contributed by atoms with Gasteiger partial charge in [-0.25, -0.2) is 0 Å². The molecule has 0 heterocycles. The van der Waals surface area contributed by atoms with Gasteiger partial charge in [0, 0.05) is 17.8 Å². The summed E-state index contributed by atoms with van der Waals surface area (Å²) in [7, 11) is 2.19. The second-order valence-electron chi connectivity index (χ2n) is 5.36. The second-order valence-corrected chi connectivity index (χ2v) is 5.36. The summed E-state index contributed by atoms with van der Waals surface area (Å²) >= 11 is 0. The molecule has 0 spiro atoms. The Morgan fingerprint density at radius 1 is 1.44 bits per heavy atom. The van der Waals surface area contributed by atoms with E-state index in [1.807, 2.05) is 12.1 Å². The first-order chi connectivity index (χ1) is 8.63. The van der Waals surface area contributed by atoms with Gasteiger partial charge in [0.15, 0.2) is 0 Å². The lowest BCUT2D eigenvalue weighted by atomic mass is 9.86. The predicted octanol–water partition coefficient (Wildman–Crippen LogP) is 2.45. The highest BCUT2D eigenvalue weighted by molar-refractivity contribution is 5.74. The highest BCUT2D eigenvalue weighted by Crippen LogP contribution is 2.30. The van der Waals surface area contributed by atoms with Gasteiger partial charge in [0.1, 0.15) is 0 Å². The van der Waals surface area contributed by atoms with Crippen molar-refractivity contribution in [3.8, 4) is 0 Å². The maximum absolute atomic E-state index is 10.7. The lowest BCUT2D eigenvalue weighted by molar-refractivity contribution is -0.105. The summed E-state index contributed by atoms with van der Waals surface area (Å²) in [6.07, 6.45) is 4.10. The number of hydrogen-bond donors (Lipinski definition) is 1. The molecule has 3 nitrogen and oxygen atoms in total. The maximum Gasteiger partial charge on any atom is 0.211 e. The Morgan fingerprint density at radius 2 is 2.22 bits per heavy atom. The van der Waals surface area contributed by atoms with Gasteiger partial charge in [-0.05, 0) is 57.4 Å². The van der Waals surface area contributed by atoms with Crippen LogP contribution in [0.4, 0.5) is 5.69 Å². The molecular formula is C15H22N2O. The molecule has 1 atom stereocenters. The van der Waals surface area contributed by atoms with Crippen LogP contribution in [0.1, 0.15) is 31.4 Å². The lowest BCUT2D eigenvalue weighted by Crippen LogP contribution is -2.40. The monoisotopic (exact) mass is 246 g/mol. The molecular weight excluding hydrogens is 224 g/mol. The number of fused-ring (bicyclic) bond motifs is 1. The van der Waals surface area contributed by atoms with E-state index in [2.05, 4.69) is 37.2 Å². The van der Waals surface area contributed by atoms with E-state index in [9.17, 15) is 4.79 Å². The van der Waals surface area contributed by atoms with Gasteiger partial charge < -0.3 is 10.2 Å². The average molecular weight is 246 g/mol. The van der Waals surface area contributed by atoms with Gasteiger partial charge >= 0.3 is 0 Å². The molecule has 0 saturated heterocycles. The number of amides is 1. The molecule has 0 fully saturated rings. The van der Waals surface area contributed by atoms with Crippen molar-refractivity contribution in [3.63, 3.8) is 0 Å². The van der Waals surface area contributed by atoms with Crippen LogP contribution in [-0.2, 0) is 17.6 Å². The third-order valence-electron chi connectivity index (χ3n) is 4.06. The molecule has 1 aliphatic carbocycles. The van der Waals surface area contributed by atoms with Crippen LogP contribution < -0.4 is 5.32 Å². The van der Waals surface area contributed by atoms with Gasteiger partial charge in [0.25, 0.3) is 0 Å². The normalized spacial score (nSPS) is 18.8. The van der Waals surface area contributed by atoms with Crippen molar-refractivity contribution in [1.29, 1.82) is 0 Å². The Labute approximate surface area is 109 Å². The second kappa shape index (κ2) is 5.53. The molecule has 0 saturated carbocycles. The van der Waals surface area contributed by atoms with Crippen molar-refractivity contribution in [1.82, 2.24) is 4.90 Å². The van der Waals surface area contributed by atoms with Crippen molar-refractivity contribution in [3.05, 3.63) is 29.3 Å². The third-order valence-corrected chi connectivity index (χ3v) is 4.06. The van der Waals surface area contributed by atoms with E-state index < -0.39 is 0 Å². The zero-order valence-electron chi connectivity index (χ0n) is 11.4. The number of anilines is 1. The molecule has 2 rings (SSSR count). The van der Waals surface area contributed by atoms with Crippen LogP contribution >= 0.6 is 0 Å². The van der Waals surface area contributed by atoms with Crippen molar-refractivity contribution in [2.45, 2.75) is 45.2 Å². The molecule has 3 heteroatoms. The van der Waals surface area contributed by atoms with E-state index >= 15 is 0 Å². The van der Waals surface area contributed by atoms with E-state index in [-0.39, 0.29) is 0 Å². The quantitative estimate of drug-likeness (QED) is 0.828. The minimum absolute atomic E-state index is 0.558. The lowest BCUT2D eigenvalue weighted by Gasteiger charge is -2.35. The number of hydrogen-bond acceptors (Lipinski definition) is 2. The maximum atomic E-state index is 10.7. The average Bonchev–Trinajstić information content (AvgIpc) is 2.38. The molecule has 18 heavy (non-hydrogen) atoms. The van der Waals surface area contributed by atoms with Gasteiger partial charge in [0.05, 0.1) is 0 Å². The molecule has 0 aliphatic heterocycles. The van der Waals surface area contributed by atoms with Crippen LogP contribution in [0.15, 0.2) is 18.2 Å². The molecule has 1 aromatic rings. The van der Waals surface area contributed by atoms with E-state index in [4.69, 9.17) is 0 Å². The number of benzene rings is 1. The zero-order valence-corrected chi connectivity index (χ0v) is 11.4. The summed E-state index contributed by atoms with van der Waals surface area (Å²) in [4.78, 5) is 13.1. The molecule has 1 N–H and O–H groups in total. The fourth-order valence-corrected chi connectivity index (χ4v) is 2.74. The van der Waals surface area contributed by atoms with E-state index in [1.54, 1.807) is 0 Å². The molecule has 1 aliphatic rings. The van der Waals surface area contributed by atoms with Crippen LogP contribution in [-0.4, -0.2) is 30.4 Å². The van der Waals surface area contributed by atoms with E-state index in [1.165, 1.54) is 17.5 Å². The molecule has 0 radical (unpaired) electrons. The van der Waals surface area contributed by atoms with Crippen molar-refractivity contribution in [2.24, 2.45) is 0 Å². The standard InChI is InChI=1S/C15H22N2O/c1-11(2)17(3)13-8-7-12-5-4-6-15(16-10-18)14(12)9-13/h4-6,10-11,13H,7-9H2,1-3H3,(H,16,18). The highest BCUT2D eigenvalue weighted by Gasteiger charge is 2.24. The van der Waals surface area contributed by atoms with Gasteiger partial charge in [-0.15, -0.1) is 0 Å². The fourth-order valence-electron chi connectivity index (χ4n) is 2.74. The van der Waals surface area contributed by atoms with E-state index in [0.717, 1.165) is 24.9 Å². The largest absolute Gasteiger partial charge is 0.328 e. The summed E-state index contributed by atoms with van der Waals surface area (Å²) in [5, 5.41) is 2.83. The zero-order chi connectivity index (χ0) is 13.1. The van der Waals surface area contributed by atoms with Gasteiger partial charge in [0.2, 0.25) is 6.41 Å². The predicted molar refractivity (Wildman–Crippen MR) is 74.8 cm³/mol. The number of nitrogens with one attached hydrogen (secondary N) is 1. The summed E-state index contributed by atoms with van der Waals surface area (Å²) < 4.78 is 0. The first-order valence-corrected chi connectivity index (χ1v) is 6.66. The number of aryl methyl sites for hydroxylation is 1. The van der Waals surface area contributed by atoms with Crippen molar-refractivity contribution in [2.75, 3.05) is 12.4 Å². The Kier molecular flexibility index (Phi) is 4.02. The topological polar surface area (TPSA) is 32.3 Å². The van der Waals surface area contributed by atoms with Gasteiger partial charge in [-0.3, -0.25) is 4.79 Å². The number of nitrogens with zero attached hydrogens (tertiary/aromatic N) is 1. The highest BCUT2D eigenvalue weighted by atomic mass is 16.1. The van der Waals surface area contributed by atoms with Crippen LogP contribution in [0.25, 0.3) is 0 Å². The summed E-state index contributed by atoms with van der Waals surface area (Å²) in [5.41, 5.74) is 3.67. The minimum atomic E-state index is 0.558. The first-order valence-electron chi connectivity index (χ1n) is 6.66. The summed E-state index contributed by atoms with van der Waals surface area (Å²) in [6, 6.07) is 7.33. The van der Waals surface area contributed by atoms with Crippen LogP contribution in [0.2, 0.25) is 0 Å².